The fourth-order valence-electron chi connectivity index (χ4n) is 7.83. The number of aromatic nitrogens is 3. The first kappa shape index (κ1) is 31.6. The molecule has 1 spiro atoms. The molecule has 0 radical (unpaired) electrons. The van der Waals surface area contributed by atoms with E-state index in [4.69, 9.17) is 4.74 Å². The number of carbonyl (C=O) groups excluding carboxylic acids is 3. The molecular weight excluding hydrogens is 584 g/mol. The van der Waals surface area contributed by atoms with Crippen LogP contribution in [0.4, 0.5) is 5.69 Å². The Hall–Kier alpha value is -4.35. The summed E-state index contributed by atoms with van der Waals surface area (Å²) in [5.74, 6) is -2.41. The Morgan fingerprint density at radius 2 is 1.80 bits per heavy atom. The molecule has 3 saturated heterocycles. The van der Waals surface area contributed by atoms with Gasteiger partial charge in [0.05, 0.1) is 36.1 Å². The summed E-state index contributed by atoms with van der Waals surface area (Å²) in [5.41, 5.74) is 0.942. The van der Waals surface area contributed by atoms with Crippen LogP contribution < -0.4 is 4.90 Å². The molecule has 1 aromatic heterocycles. The molecule has 3 fully saturated rings. The van der Waals surface area contributed by atoms with Gasteiger partial charge in [-0.2, -0.15) is 0 Å². The number of aliphatic hydroxyl groups excluding tert-OH is 1. The number of benzene rings is 2. The Kier molecular flexibility index (Phi) is 8.80. The van der Waals surface area contributed by atoms with Crippen LogP contribution in [0.2, 0.25) is 0 Å². The maximum absolute atomic E-state index is 14.9. The first-order chi connectivity index (χ1) is 22.2. The third-order valence-electron chi connectivity index (χ3n) is 9.64. The highest BCUT2D eigenvalue weighted by molar-refractivity contribution is 6.03. The molecule has 0 aliphatic carbocycles. The van der Waals surface area contributed by atoms with Gasteiger partial charge in [0.25, 0.3) is 0 Å². The summed E-state index contributed by atoms with van der Waals surface area (Å²) in [5, 5.41) is 19.2. The van der Waals surface area contributed by atoms with Crippen LogP contribution in [0.5, 0.6) is 0 Å². The van der Waals surface area contributed by atoms with Crippen LogP contribution in [0, 0.1) is 17.8 Å². The van der Waals surface area contributed by atoms with Crippen molar-refractivity contribution in [3.8, 4) is 0 Å². The van der Waals surface area contributed by atoms with Crippen molar-refractivity contribution in [1.29, 1.82) is 0 Å². The third kappa shape index (κ3) is 5.21. The van der Waals surface area contributed by atoms with E-state index in [0.717, 1.165) is 5.52 Å². The summed E-state index contributed by atoms with van der Waals surface area (Å²) in [6, 6.07) is 15.1. The standard InChI is InChI=1S/C35H42N6O5/c1-5-18-38(22-40-27-15-11-10-14-26(27)36-37-40)34(45)31-35-17-16-28(46-35)29(30(35)33(44)41(31)25(21-42)20-23(3)4)32(43)39(19-6-2)24-12-8-7-9-13-24/h5-15,23,25,28-31,42H,1-2,16-22H2,3-4H3/t25-,28-,29+,30+,31?,35?/m1/s1. The third-order valence-corrected chi connectivity index (χ3v) is 9.64. The maximum atomic E-state index is 14.9. The van der Waals surface area contributed by atoms with Crippen LogP contribution in [0.1, 0.15) is 33.1 Å². The summed E-state index contributed by atoms with van der Waals surface area (Å²) in [6.45, 7) is 12.0. The summed E-state index contributed by atoms with van der Waals surface area (Å²) >= 11 is 0. The summed E-state index contributed by atoms with van der Waals surface area (Å²) in [4.78, 5) is 48.8. The normalized spacial score (nSPS) is 25.6. The highest BCUT2D eigenvalue weighted by Crippen LogP contribution is 2.59. The van der Waals surface area contributed by atoms with Crippen LogP contribution in [0.15, 0.2) is 79.9 Å². The van der Waals surface area contributed by atoms with Crippen LogP contribution in [0.3, 0.4) is 0 Å². The number of fused-ring (bicyclic) bond motifs is 2. The number of ether oxygens (including phenoxy) is 1. The lowest BCUT2D eigenvalue weighted by Crippen LogP contribution is -2.59. The van der Waals surface area contributed by atoms with Crippen molar-refractivity contribution in [3.63, 3.8) is 0 Å². The fourth-order valence-corrected chi connectivity index (χ4v) is 7.83. The van der Waals surface area contributed by atoms with Gasteiger partial charge in [-0.3, -0.25) is 14.4 Å². The van der Waals surface area contributed by atoms with E-state index in [1.807, 2.05) is 68.4 Å². The number of nitrogens with zero attached hydrogens (tertiary/aromatic N) is 6. The topological polar surface area (TPSA) is 121 Å². The lowest BCUT2D eigenvalue weighted by molar-refractivity contribution is -0.152. The predicted molar refractivity (Wildman–Crippen MR) is 173 cm³/mol. The SMILES string of the molecule is C=CCN(Cn1nnc2ccccc21)C(=O)C1N([C@@H](CO)CC(C)C)C(=O)[C@@H]2[C@@H](C(=O)N(CC=C)c3ccccc3)[C@H]3CCC12O3. The summed E-state index contributed by atoms with van der Waals surface area (Å²) in [6.07, 6.45) is 4.26. The van der Waals surface area contributed by atoms with Crippen molar-refractivity contribution in [1.82, 2.24) is 24.8 Å². The van der Waals surface area contributed by atoms with E-state index < -0.39 is 35.6 Å². The average molecular weight is 627 g/mol. The molecule has 2 aromatic carbocycles. The molecule has 11 nitrogen and oxygen atoms in total. The molecule has 2 bridgehead atoms. The van der Waals surface area contributed by atoms with Gasteiger partial charge < -0.3 is 24.5 Å². The zero-order valence-electron chi connectivity index (χ0n) is 26.4. The second-order valence-electron chi connectivity index (χ2n) is 12.9. The number of likely N-dealkylation sites (tertiary alicyclic amines) is 1. The monoisotopic (exact) mass is 626 g/mol. The number of carbonyl (C=O) groups is 3. The lowest BCUT2D eigenvalue weighted by Gasteiger charge is -2.39. The van der Waals surface area contributed by atoms with Crippen LogP contribution in [-0.2, 0) is 25.8 Å². The van der Waals surface area contributed by atoms with E-state index in [1.165, 1.54) is 0 Å². The Morgan fingerprint density at radius 3 is 2.50 bits per heavy atom. The van der Waals surface area contributed by atoms with E-state index in [-0.39, 0.29) is 50.0 Å². The molecule has 3 aliphatic heterocycles. The van der Waals surface area contributed by atoms with Gasteiger partial charge in [0.15, 0.2) is 0 Å². The molecule has 3 aliphatic rings. The first-order valence-corrected chi connectivity index (χ1v) is 16.0. The second-order valence-corrected chi connectivity index (χ2v) is 12.9. The Morgan fingerprint density at radius 1 is 1.09 bits per heavy atom. The molecule has 6 rings (SSSR count). The van der Waals surface area contributed by atoms with Crippen molar-refractivity contribution >= 4 is 34.4 Å². The summed E-state index contributed by atoms with van der Waals surface area (Å²) < 4.78 is 8.37. The largest absolute Gasteiger partial charge is 0.394 e. The molecule has 6 atom stereocenters. The molecule has 3 aromatic rings. The maximum Gasteiger partial charge on any atom is 0.250 e. The minimum absolute atomic E-state index is 0.0749. The molecule has 1 N–H and O–H groups in total. The molecule has 11 heteroatoms. The van der Waals surface area contributed by atoms with E-state index in [1.54, 1.807) is 31.5 Å². The molecular formula is C35H42N6O5. The second kappa shape index (κ2) is 12.8. The fraction of sp³-hybridized carbons (Fsp3) is 0.457. The molecule has 4 heterocycles. The van der Waals surface area contributed by atoms with E-state index >= 15 is 0 Å². The lowest BCUT2D eigenvalue weighted by atomic mass is 9.70. The molecule has 3 amide bonds. The highest BCUT2D eigenvalue weighted by atomic mass is 16.5. The quantitative estimate of drug-likeness (QED) is 0.289. The number of anilines is 1. The van der Waals surface area contributed by atoms with Crippen LogP contribution >= 0.6 is 0 Å². The van der Waals surface area contributed by atoms with Crippen LogP contribution in [-0.4, -0.2) is 91.1 Å². The number of hydrogen-bond acceptors (Lipinski definition) is 7. The molecule has 2 unspecified atom stereocenters. The number of amides is 3. The zero-order chi connectivity index (χ0) is 32.6. The van der Waals surface area contributed by atoms with Gasteiger partial charge in [-0.25, -0.2) is 4.68 Å². The van der Waals surface area contributed by atoms with Gasteiger partial charge in [0.1, 0.15) is 23.8 Å². The van der Waals surface area contributed by atoms with Gasteiger partial charge in [0, 0.05) is 18.8 Å². The Labute approximate surface area is 269 Å². The smallest absolute Gasteiger partial charge is 0.250 e. The average Bonchev–Trinajstić information content (AvgIpc) is 3.81. The zero-order valence-corrected chi connectivity index (χ0v) is 26.4. The summed E-state index contributed by atoms with van der Waals surface area (Å²) in [7, 11) is 0. The van der Waals surface area contributed by atoms with Gasteiger partial charge >= 0.3 is 0 Å². The van der Waals surface area contributed by atoms with Crippen molar-refractivity contribution in [3.05, 3.63) is 79.9 Å². The predicted octanol–water partition coefficient (Wildman–Crippen LogP) is 3.40. The van der Waals surface area contributed by atoms with Crippen molar-refractivity contribution in [2.45, 2.75) is 63.6 Å². The van der Waals surface area contributed by atoms with Gasteiger partial charge in [-0.05, 0) is 49.4 Å². The van der Waals surface area contributed by atoms with Gasteiger partial charge in [-0.1, -0.05) is 61.5 Å². The molecule has 46 heavy (non-hydrogen) atoms. The number of aliphatic hydroxyl groups is 1. The van der Waals surface area contributed by atoms with Crippen LogP contribution in [0.25, 0.3) is 11.0 Å². The van der Waals surface area contributed by atoms with Crippen molar-refractivity contribution in [2.24, 2.45) is 17.8 Å². The Bertz CT molecular complexity index is 1620. The van der Waals surface area contributed by atoms with E-state index in [2.05, 4.69) is 23.5 Å². The van der Waals surface area contributed by atoms with E-state index in [0.29, 0.717) is 30.5 Å². The number of rotatable bonds is 13. The number of hydrogen-bond donors (Lipinski definition) is 1. The van der Waals surface area contributed by atoms with Crippen molar-refractivity contribution < 1.29 is 24.2 Å². The van der Waals surface area contributed by atoms with Gasteiger partial charge in [-0.15, -0.1) is 18.3 Å². The van der Waals surface area contributed by atoms with Gasteiger partial charge in [0.2, 0.25) is 17.7 Å². The first-order valence-electron chi connectivity index (χ1n) is 16.0. The minimum atomic E-state index is -1.22. The number of para-hydroxylation sites is 2. The molecule has 0 saturated carbocycles. The highest BCUT2D eigenvalue weighted by Gasteiger charge is 2.75. The van der Waals surface area contributed by atoms with E-state index in [9.17, 15) is 19.5 Å². The Balaban J connectivity index is 1.41. The van der Waals surface area contributed by atoms with Crippen molar-refractivity contribution in [2.75, 3.05) is 24.6 Å². The molecule has 242 valence electrons. The minimum Gasteiger partial charge on any atom is -0.394 e.